The number of hydrogen-bond donors (Lipinski definition) is 1. The number of benzene rings is 3. The minimum absolute atomic E-state index is 0.0876. The lowest BCUT2D eigenvalue weighted by Crippen LogP contribution is -2.51. The molecular weight excluding hydrogens is 495 g/mol. The Bertz CT molecular complexity index is 1060. The van der Waals surface area contributed by atoms with Gasteiger partial charge in [0.2, 0.25) is 11.8 Å². The maximum absolute atomic E-state index is 13.6. The number of amides is 2. The second kappa shape index (κ2) is 13.0. The highest BCUT2D eigenvalue weighted by atomic mass is 79.9. The molecule has 3 aromatic rings. The zero-order valence-electron chi connectivity index (χ0n) is 19.3. The van der Waals surface area contributed by atoms with Gasteiger partial charge in [0, 0.05) is 24.0 Å². The fourth-order valence-corrected chi connectivity index (χ4v) is 3.99. The summed E-state index contributed by atoms with van der Waals surface area (Å²) in [5.41, 5.74) is 2.61. The molecule has 0 unspecified atom stereocenters. The summed E-state index contributed by atoms with van der Waals surface area (Å²) in [5.74, 6) is -0.692. The average Bonchev–Trinajstić information content (AvgIpc) is 2.84. The van der Waals surface area contributed by atoms with Crippen LogP contribution in [0.15, 0.2) is 83.3 Å². The lowest BCUT2D eigenvalue weighted by atomic mass is 10.0. The van der Waals surface area contributed by atoms with Gasteiger partial charge in [-0.25, -0.2) is 4.39 Å². The largest absolute Gasteiger partial charge is 0.354 e. The maximum atomic E-state index is 13.6. The molecule has 0 aliphatic heterocycles. The standard InChI is InChI=1S/C28H30BrFN2O2/c1-2-3-17-31-28(34)26(18-21-7-5-4-6-8-21)32(20-23-9-13-24(29)14-10-23)27(33)19-22-11-15-25(30)16-12-22/h4-16,26H,2-3,17-20H2,1H3,(H,31,34)/t26-/m0/s1. The van der Waals surface area contributed by atoms with E-state index in [1.54, 1.807) is 17.0 Å². The molecule has 6 heteroatoms. The summed E-state index contributed by atoms with van der Waals surface area (Å²) in [5, 5.41) is 3.02. The Morgan fingerprint density at radius 3 is 2.21 bits per heavy atom. The highest BCUT2D eigenvalue weighted by Crippen LogP contribution is 2.18. The van der Waals surface area contributed by atoms with E-state index in [2.05, 4.69) is 28.2 Å². The van der Waals surface area contributed by atoms with E-state index in [0.717, 1.165) is 28.4 Å². The Hall–Kier alpha value is -2.99. The molecule has 0 aromatic heterocycles. The van der Waals surface area contributed by atoms with Crippen molar-refractivity contribution < 1.29 is 14.0 Å². The first-order valence-corrected chi connectivity index (χ1v) is 12.4. The molecule has 4 nitrogen and oxygen atoms in total. The molecule has 1 atom stereocenters. The second-order valence-electron chi connectivity index (χ2n) is 8.30. The zero-order valence-corrected chi connectivity index (χ0v) is 20.9. The van der Waals surface area contributed by atoms with Gasteiger partial charge in [0.25, 0.3) is 0 Å². The molecule has 1 N–H and O–H groups in total. The number of hydrogen-bond acceptors (Lipinski definition) is 2. The topological polar surface area (TPSA) is 49.4 Å². The van der Waals surface area contributed by atoms with E-state index < -0.39 is 6.04 Å². The first-order valence-electron chi connectivity index (χ1n) is 11.6. The van der Waals surface area contributed by atoms with Gasteiger partial charge in [-0.2, -0.15) is 0 Å². The van der Waals surface area contributed by atoms with Crippen molar-refractivity contribution in [3.05, 3.63) is 106 Å². The van der Waals surface area contributed by atoms with Crippen molar-refractivity contribution >= 4 is 27.7 Å². The van der Waals surface area contributed by atoms with Crippen LogP contribution in [-0.4, -0.2) is 29.3 Å². The van der Waals surface area contributed by atoms with Crippen molar-refractivity contribution in [2.75, 3.05) is 6.54 Å². The number of unbranched alkanes of at least 4 members (excludes halogenated alkanes) is 1. The highest BCUT2D eigenvalue weighted by Gasteiger charge is 2.30. The maximum Gasteiger partial charge on any atom is 0.243 e. The molecule has 3 rings (SSSR count). The van der Waals surface area contributed by atoms with Crippen LogP contribution in [0.3, 0.4) is 0 Å². The molecule has 0 spiro atoms. The average molecular weight is 525 g/mol. The Labute approximate surface area is 209 Å². The van der Waals surface area contributed by atoms with Crippen molar-refractivity contribution in [3.63, 3.8) is 0 Å². The first-order chi connectivity index (χ1) is 16.5. The number of nitrogens with zero attached hydrogens (tertiary/aromatic N) is 1. The second-order valence-corrected chi connectivity index (χ2v) is 9.22. The van der Waals surface area contributed by atoms with Gasteiger partial charge in [0.1, 0.15) is 11.9 Å². The van der Waals surface area contributed by atoms with Gasteiger partial charge >= 0.3 is 0 Å². The van der Waals surface area contributed by atoms with Crippen LogP contribution >= 0.6 is 15.9 Å². The van der Waals surface area contributed by atoms with Gasteiger partial charge in [0.05, 0.1) is 6.42 Å². The van der Waals surface area contributed by atoms with Gasteiger partial charge in [-0.05, 0) is 47.4 Å². The summed E-state index contributed by atoms with van der Waals surface area (Å²) in [6.45, 7) is 2.94. The van der Waals surface area contributed by atoms with Crippen molar-refractivity contribution in [1.29, 1.82) is 0 Å². The number of carbonyl (C=O) groups excluding carboxylic acids is 2. The van der Waals surface area contributed by atoms with Crippen molar-refractivity contribution in [2.45, 2.75) is 45.2 Å². The SMILES string of the molecule is CCCCNC(=O)[C@H](Cc1ccccc1)N(Cc1ccc(Br)cc1)C(=O)Cc1ccc(F)cc1. The minimum atomic E-state index is -0.671. The van der Waals surface area contributed by atoms with E-state index in [4.69, 9.17) is 0 Å². The summed E-state index contributed by atoms with van der Waals surface area (Å²) < 4.78 is 14.3. The third-order valence-corrected chi connectivity index (χ3v) is 6.16. The Balaban J connectivity index is 1.92. The Morgan fingerprint density at radius 1 is 0.912 bits per heavy atom. The van der Waals surface area contributed by atoms with Gasteiger partial charge in [-0.15, -0.1) is 0 Å². The predicted molar refractivity (Wildman–Crippen MR) is 137 cm³/mol. The fourth-order valence-electron chi connectivity index (χ4n) is 3.73. The molecular formula is C28H30BrFN2O2. The lowest BCUT2D eigenvalue weighted by molar-refractivity contribution is -0.140. The van der Waals surface area contributed by atoms with Crippen LogP contribution in [0.1, 0.15) is 36.5 Å². The van der Waals surface area contributed by atoms with Crippen LogP contribution < -0.4 is 5.32 Å². The van der Waals surface area contributed by atoms with Crippen molar-refractivity contribution in [3.8, 4) is 0 Å². The van der Waals surface area contributed by atoms with Gasteiger partial charge in [0.15, 0.2) is 0 Å². The van der Waals surface area contributed by atoms with Crippen molar-refractivity contribution in [2.24, 2.45) is 0 Å². The highest BCUT2D eigenvalue weighted by molar-refractivity contribution is 9.10. The molecule has 0 radical (unpaired) electrons. The summed E-state index contributed by atoms with van der Waals surface area (Å²) in [4.78, 5) is 28.6. The van der Waals surface area contributed by atoms with Gasteiger partial charge < -0.3 is 10.2 Å². The van der Waals surface area contributed by atoms with E-state index in [-0.39, 0.29) is 24.1 Å². The quantitative estimate of drug-likeness (QED) is 0.327. The normalized spacial score (nSPS) is 11.6. The van der Waals surface area contributed by atoms with E-state index in [9.17, 15) is 14.0 Å². The minimum Gasteiger partial charge on any atom is -0.354 e. The first kappa shape index (κ1) is 25.6. The van der Waals surface area contributed by atoms with E-state index in [1.165, 1.54) is 12.1 Å². The molecule has 3 aromatic carbocycles. The summed E-state index contributed by atoms with van der Waals surface area (Å²) >= 11 is 3.45. The molecule has 0 fully saturated rings. The van der Waals surface area contributed by atoms with Gasteiger partial charge in [-0.1, -0.05) is 83.9 Å². The third kappa shape index (κ3) is 7.80. The number of halogens is 2. The monoisotopic (exact) mass is 524 g/mol. The van der Waals surface area contributed by atoms with E-state index in [1.807, 2.05) is 54.6 Å². The van der Waals surface area contributed by atoms with Crippen LogP contribution in [0.2, 0.25) is 0 Å². The third-order valence-electron chi connectivity index (χ3n) is 5.64. The Morgan fingerprint density at radius 2 is 1.56 bits per heavy atom. The fraction of sp³-hybridized carbons (Fsp3) is 0.286. The predicted octanol–water partition coefficient (Wildman–Crippen LogP) is 5.69. The van der Waals surface area contributed by atoms with Crippen LogP contribution in [0.5, 0.6) is 0 Å². The molecule has 2 amide bonds. The smallest absolute Gasteiger partial charge is 0.243 e. The Kier molecular flexibility index (Phi) is 9.83. The molecule has 178 valence electrons. The van der Waals surface area contributed by atoms with Crippen molar-refractivity contribution in [1.82, 2.24) is 10.2 Å². The summed E-state index contributed by atoms with van der Waals surface area (Å²) in [6, 6.07) is 22.7. The summed E-state index contributed by atoms with van der Waals surface area (Å²) in [7, 11) is 0. The van der Waals surface area contributed by atoms with Gasteiger partial charge in [-0.3, -0.25) is 9.59 Å². The molecule has 0 bridgehead atoms. The lowest BCUT2D eigenvalue weighted by Gasteiger charge is -2.31. The summed E-state index contributed by atoms with van der Waals surface area (Å²) in [6.07, 6.45) is 2.34. The van der Waals surface area contributed by atoms with E-state index >= 15 is 0 Å². The zero-order chi connectivity index (χ0) is 24.3. The molecule has 34 heavy (non-hydrogen) atoms. The van der Waals surface area contributed by atoms with E-state index in [0.29, 0.717) is 25.1 Å². The van der Waals surface area contributed by atoms with Crippen LogP contribution in [0.4, 0.5) is 4.39 Å². The number of carbonyl (C=O) groups is 2. The molecule has 0 saturated carbocycles. The number of rotatable bonds is 11. The number of nitrogens with one attached hydrogen (secondary N) is 1. The van der Waals surface area contributed by atoms with Crippen LogP contribution in [-0.2, 0) is 29.0 Å². The van der Waals surface area contributed by atoms with Crippen LogP contribution in [0.25, 0.3) is 0 Å². The molecule has 0 aliphatic rings. The molecule has 0 aliphatic carbocycles. The molecule has 0 heterocycles. The molecule has 0 saturated heterocycles. The van der Waals surface area contributed by atoms with Crippen LogP contribution in [0, 0.1) is 5.82 Å².